The van der Waals surface area contributed by atoms with Gasteiger partial charge in [0.1, 0.15) is 11.8 Å². The summed E-state index contributed by atoms with van der Waals surface area (Å²) in [6.07, 6.45) is 5.78. The summed E-state index contributed by atoms with van der Waals surface area (Å²) in [6, 6.07) is 0.546. The van der Waals surface area contributed by atoms with E-state index in [9.17, 15) is 0 Å². The molecule has 0 unspecified atom stereocenters. The molecule has 0 radical (unpaired) electrons. The minimum absolute atomic E-state index is 0.455. The summed E-state index contributed by atoms with van der Waals surface area (Å²) in [5.41, 5.74) is 1.65. The molecule has 0 aromatic carbocycles. The van der Waals surface area contributed by atoms with Crippen molar-refractivity contribution in [2.75, 3.05) is 5.32 Å². The summed E-state index contributed by atoms with van der Waals surface area (Å²) in [6.45, 7) is 0.455. The van der Waals surface area contributed by atoms with Crippen molar-refractivity contribution in [2.24, 2.45) is 7.05 Å². The van der Waals surface area contributed by atoms with Gasteiger partial charge in [-0.05, 0) is 18.1 Å². The molecule has 1 aliphatic rings. The third-order valence-electron chi connectivity index (χ3n) is 3.26. The molecule has 4 rings (SSSR count). The lowest BCUT2D eigenvalue weighted by molar-refractivity contribution is 0.628. The number of tetrazole rings is 1. The molecule has 102 valence electrons. The van der Waals surface area contributed by atoms with Gasteiger partial charge < -0.3 is 9.88 Å². The molecule has 0 amide bonds. The maximum atomic E-state index is 4.41. The van der Waals surface area contributed by atoms with Crippen LogP contribution in [0.5, 0.6) is 0 Å². The highest BCUT2D eigenvalue weighted by atomic mass is 15.6. The Hall–Kier alpha value is -2.58. The van der Waals surface area contributed by atoms with E-state index in [1.165, 1.54) is 17.6 Å². The van der Waals surface area contributed by atoms with Gasteiger partial charge in [-0.15, -0.1) is 10.2 Å². The molecule has 1 saturated carbocycles. The molecule has 0 aliphatic heterocycles. The van der Waals surface area contributed by atoms with E-state index >= 15 is 0 Å². The second-order valence-electron chi connectivity index (χ2n) is 4.83. The predicted octanol–water partition coefficient (Wildman–Crippen LogP) is 0.297. The van der Waals surface area contributed by atoms with Crippen molar-refractivity contribution in [1.82, 2.24) is 39.7 Å². The molecule has 0 spiro atoms. The Morgan fingerprint density at radius 3 is 2.95 bits per heavy atom. The first kappa shape index (κ1) is 11.3. The summed E-state index contributed by atoms with van der Waals surface area (Å²) < 4.78 is 2.11. The molecule has 9 nitrogen and oxygen atoms in total. The molecular weight excluding hydrogens is 258 g/mol. The van der Waals surface area contributed by atoms with Gasteiger partial charge in [-0.2, -0.15) is 4.80 Å². The van der Waals surface area contributed by atoms with E-state index in [-0.39, 0.29) is 0 Å². The van der Waals surface area contributed by atoms with Crippen molar-refractivity contribution in [3.63, 3.8) is 0 Å². The van der Waals surface area contributed by atoms with Crippen LogP contribution in [-0.2, 0) is 13.6 Å². The van der Waals surface area contributed by atoms with Gasteiger partial charge in [-0.25, -0.2) is 15.0 Å². The van der Waals surface area contributed by atoms with E-state index in [2.05, 4.69) is 40.2 Å². The Bertz CT molecular complexity index is 754. The van der Waals surface area contributed by atoms with E-state index in [4.69, 9.17) is 0 Å². The first-order valence-electron chi connectivity index (χ1n) is 6.45. The van der Waals surface area contributed by atoms with Gasteiger partial charge >= 0.3 is 0 Å². The van der Waals surface area contributed by atoms with Gasteiger partial charge in [0, 0.05) is 6.04 Å². The van der Waals surface area contributed by atoms with Crippen molar-refractivity contribution >= 4 is 17.0 Å². The second-order valence-corrected chi connectivity index (χ2v) is 4.83. The Balaban J connectivity index is 1.62. The molecule has 20 heavy (non-hydrogen) atoms. The Morgan fingerprint density at radius 2 is 2.20 bits per heavy atom. The maximum absolute atomic E-state index is 4.41. The number of aryl methyl sites for hydroxylation is 1. The van der Waals surface area contributed by atoms with Crippen molar-refractivity contribution in [2.45, 2.75) is 25.4 Å². The monoisotopic (exact) mass is 271 g/mol. The van der Waals surface area contributed by atoms with E-state index in [1.807, 2.05) is 6.33 Å². The van der Waals surface area contributed by atoms with E-state index in [0.717, 1.165) is 11.2 Å². The number of nitrogens with one attached hydrogen (secondary N) is 1. The molecule has 0 saturated heterocycles. The number of rotatable bonds is 4. The summed E-state index contributed by atoms with van der Waals surface area (Å²) in [7, 11) is 1.73. The Labute approximate surface area is 114 Å². The van der Waals surface area contributed by atoms with E-state index in [0.29, 0.717) is 24.2 Å². The van der Waals surface area contributed by atoms with Crippen LogP contribution in [0.1, 0.15) is 24.7 Å². The molecule has 3 aromatic heterocycles. The highest BCUT2D eigenvalue weighted by Gasteiger charge is 2.26. The number of aromatic nitrogens is 8. The van der Waals surface area contributed by atoms with Crippen LogP contribution in [0.2, 0.25) is 0 Å². The topological polar surface area (TPSA) is 99.2 Å². The minimum atomic E-state index is 0.455. The fourth-order valence-corrected chi connectivity index (χ4v) is 2.16. The summed E-state index contributed by atoms with van der Waals surface area (Å²) in [5, 5.41) is 15.0. The standard InChI is InChI=1S/C11H13N9/c1-19-17-8(16-18-19)4-12-10-9-11(14-5-13-10)20(6-15-9)7-2-3-7/h5-7H,2-4H2,1H3,(H,12,13,14). The van der Waals surface area contributed by atoms with E-state index in [1.54, 1.807) is 13.4 Å². The fraction of sp³-hybridized carbons (Fsp3) is 0.455. The molecule has 3 heterocycles. The SMILES string of the molecule is Cn1nnc(CNc2ncnc3c2ncn3C2CC2)n1. The predicted molar refractivity (Wildman–Crippen MR) is 69.7 cm³/mol. The third-order valence-corrected chi connectivity index (χ3v) is 3.26. The van der Waals surface area contributed by atoms with E-state index < -0.39 is 0 Å². The van der Waals surface area contributed by atoms with Gasteiger partial charge in [-0.3, -0.25) is 0 Å². The lowest BCUT2D eigenvalue weighted by Gasteiger charge is -2.03. The number of imidazole rings is 1. The number of nitrogens with zero attached hydrogens (tertiary/aromatic N) is 8. The molecular formula is C11H13N9. The van der Waals surface area contributed by atoms with Crippen LogP contribution in [0.25, 0.3) is 11.2 Å². The van der Waals surface area contributed by atoms with Crippen LogP contribution in [0.3, 0.4) is 0 Å². The Morgan fingerprint density at radius 1 is 1.30 bits per heavy atom. The van der Waals surface area contributed by atoms with Crippen LogP contribution < -0.4 is 5.32 Å². The quantitative estimate of drug-likeness (QED) is 0.728. The lowest BCUT2D eigenvalue weighted by Crippen LogP contribution is -2.05. The summed E-state index contributed by atoms with van der Waals surface area (Å²) >= 11 is 0. The summed E-state index contributed by atoms with van der Waals surface area (Å²) in [5.74, 6) is 1.31. The summed E-state index contributed by atoms with van der Waals surface area (Å²) in [4.78, 5) is 14.4. The van der Waals surface area contributed by atoms with Crippen LogP contribution in [0.4, 0.5) is 5.82 Å². The van der Waals surface area contributed by atoms with Gasteiger partial charge in [-0.1, -0.05) is 0 Å². The fourth-order valence-electron chi connectivity index (χ4n) is 2.16. The van der Waals surface area contributed by atoms with Crippen molar-refractivity contribution in [3.8, 4) is 0 Å². The van der Waals surface area contributed by atoms with Gasteiger partial charge in [0.05, 0.1) is 19.9 Å². The molecule has 0 atom stereocenters. The molecule has 0 bridgehead atoms. The molecule has 9 heteroatoms. The minimum Gasteiger partial charge on any atom is -0.361 e. The van der Waals surface area contributed by atoms with Crippen molar-refractivity contribution in [3.05, 3.63) is 18.5 Å². The first-order chi connectivity index (χ1) is 9.81. The highest BCUT2D eigenvalue weighted by molar-refractivity contribution is 5.82. The Kier molecular flexibility index (Phi) is 2.38. The normalized spacial score (nSPS) is 14.8. The average molecular weight is 271 g/mol. The number of hydrogen-bond acceptors (Lipinski definition) is 7. The van der Waals surface area contributed by atoms with Crippen molar-refractivity contribution < 1.29 is 0 Å². The largest absolute Gasteiger partial charge is 0.361 e. The molecule has 1 N–H and O–H groups in total. The van der Waals surface area contributed by atoms with Crippen LogP contribution in [-0.4, -0.2) is 39.7 Å². The molecule has 1 fully saturated rings. The number of fused-ring (bicyclic) bond motifs is 1. The number of anilines is 1. The lowest BCUT2D eigenvalue weighted by atomic mass is 10.4. The molecule has 3 aromatic rings. The average Bonchev–Trinajstić information content (AvgIpc) is 3.06. The zero-order valence-electron chi connectivity index (χ0n) is 10.9. The molecule has 1 aliphatic carbocycles. The van der Waals surface area contributed by atoms with Crippen LogP contribution in [0.15, 0.2) is 12.7 Å². The zero-order chi connectivity index (χ0) is 13.5. The van der Waals surface area contributed by atoms with Crippen LogP contribution >= 0.6 is 0 Å². The van der Waals surface area contributed by atoms with Gasteiger partial charge in [0.25, 0.3) is 0 Å². The van der Waals surface area contributed by atoms with Gasteiger partial charge in [0.2, 0.25) is 0 Å². The highest BCUT2D eigenvalue weighted by Crippen LogP contribution is 2.37. The zero-order valence-corrected chi connectivity index (χ0v) is 10.9. The van der Waals surface area contributed by atoms with Crippen LogP contribution in [0, 0.1) is 0 Å². The first-order valence-corrected chi connectivity index (χ1v) is 6.45. The van der Waals surface area contributed by atoms with Crippen molar-refractivity contribution in [1.29, 1.82) is 0 Å². The van der Waals surface area contributed by atoms with Gasteiger partial charge in [0.15, 0.2) is 17.3 Å². The maximum Gasteiger partial charge on any atom is 0.193 e. The number of hydrogen-bond donors (Lipinski definition) is 1. The smallest absolute Gasteiger partial charge is 0.193 e. The second kappa shape index (κ2) is 4.22. The third kappa shape index (κ3) is 1.87.